The van der Waals surface area contributed by atoms with Crippen LogP contribution >= 0.6 is 0 Å². The molecule has 0 heterocycles. The number of carbonyl (C=O) groups excluding carboxylic acids is 1. The highest BCUT2D eigenvalue weighted by Gasteiger charge is 2.27. The molecule has 11 nitrogen and oxygen atoms in total. The van der Waals surface area contributed by atoms with E-state index in [9.17, 15) is 23.3 Å². The van der Waals surface area contributed by atoms with Crippen LogP contribution in [0.1, 0.15) is 5.56 Å². The minimum absolute atomic E-state index is 0.0800. The fraction of sp³-hybridized carbons (Fsp3) is 0.350. The molecule has 32 heavy (non-hydrogen) atoms. The molecule has 0 saturated carbocycles. The summed E-state index contributed by atoms with van der Waals surface area (Å²) in [4.78, 5) is 24.7. The minimum Gasteiger partial charge on any atom is -0.495 e. The Kier molecular flexibility index (Phi) is 7.87. The third-order valence-electron chi connectivity index (χ3n) is 4.61. The van der Waals surface area contributed by atoms with Gasteiger partial charge in [-0.1, -0.05) is 6.07 Å². The molecule has 0 atom stereocenters. The van der Waals surface area contributed by atoms with E-state index in [0.717, 1.165) is 22.2 Å². The summed E-state index contributed by atoms with van der Waals surface area (Å²) in [5.41, 5.74) is 0.301. The third-order valence-corrected chi connectivity index (χ3v) is 5.74. The van der Waals surface area contributed by atoms with E-state index < -0.39 is 27.4 Å². The third kappa shape index (κ3) is 5.78. The first-order valence-corrected chi connectivity index (χ1v) is 11.1. The van der Waals surface area contributed by atoms with Crippen molar-refractivity contribution in [1.82, 2.24) is 4.90 Å². The normalized spacial score (nSPS) is 10.9. The lowest BCUT2D eigenvalue weighted by Gasteiger charge is -2.26. The summed E-state index contributed by atoms with van der Waals surface area (Å²) in [6.07, 6.45) is 0.910. The number of benzene rings is 2. The maximum absolute atomic E-state index is 12.9. The lowest BCUT2D eigenvalue weighted by atomic mass is 10.2. The van der Waals surface area contributed by atoms with E-state index in [1.807, 2.05) is 0 Å². The van der Waals surface area contributed by atoms with Crippen molar-refractivity contribution in [3.63, 3.8) is 0 Å². The van der Waals surface area contributed by atoms with Crippen molar-refractivity contribution in [3.05, 3.63) is 52.1 Å². The van der Waals surface area contributed by atoms with E-state index >= 15 is 0 Å². The molecule has 0 saturated heterocycles. The predicted octanol–water partition coefficient (Wildman–Crippen LogP) is 2.05. The molecule has 0 aromatic heterocycles. The van der Waals surface area contributed by atoms with Gasteiger partial charge in [0, 0.05) is 25.7 Å². The van der Waals surface area contributed by atoms with Gasteiger partial charge in [0.1, 0.15) is 18.0 Å². The topological polar surface area (TPSA) is 129 Å². The zero-order valence-electron chi connectivity index (χ0n) is 18.4. The number of nitro benzene ring substituents is 1. The fourth-order valence-electron chi connectivity index (χ4n) is 2.95. The van der Waals surface area contributed by atoms with E-state index in [1.165, 1.54) is 45.4 Å². The van der Waals surface area contributed by atoms with Gasteiger partial charge in [-0.2, -0.15) is 0 Å². The van der Waals surface area contributed by atoms with E-state index in [-0.39, 0.29) is 23.7 Å². The Morgan fingerprint density at radius 2 is 1.59 bits per heavy atom. The van der Waals surface area contributed by atoms with Crippen LogP contribution in [-0.2, 0) is 21.4 Å². The second-order valence-electron chi connectivity index (χ2n) is 6.82. The van der Waals surface area contributed by atoms with Gasteiger partial charge in [-0.25, -0.2) is 8.42 Å². The van der Waals surface area contributed by atoms with E-state index in [1.54, 1.807) is 18.2 Å². The quantitative estimate of drug-likeness (QED) is 0.384. The number of anilines is 1. The number of hydrogen-bond donors (Lipinski definition) is 0. The summed E-state index contributed by atoms with van der Waals surface area (Å²) in [6, 6.07) is 8.69. The van der Waals surface area contributed by atoms with Crippen molar-refractivity contribution >= 4 is 27.3 Å². The molecule has 2 aromatic rings. The van der Waals surface area contributed by atoms with Crippen LogP contribution in [0.2, 0.25) is 0 Å². The summed E-state index contributed by atoms with van der Waals surface area (Å²) in [5.74, 6) is 0.575. The number of likely N-dealkylation sites (N-methyl/N-ethyl adjacent to an activating group) is 1. The monoisotopic (exact) mass is 467 g/mol. The van der Waals surface area contributed by atoms with Crippen molar-refractivity contribution in [3.8, 4) is 17.2 Å². The molecular formula is C20H25N3O8S. The number of ether oxygens (including phenoxy) is 3. The van der Waals surface area contributed by atoms with Gasteiger partial charge in [-0.15, -0.1) is 0 Å². The molecule has 0 aliphatic rings. The van der Waals surface area contributed by atoms with Crippen LogP contribution in [0, 0.1) is 10.1 Å². The first-order chi connectivity index (χ1) is 15.0. The van der Waals surface area contributed by atoms with Gasteiger partial charge in [0.2, 0.25) is 15.9 Å². The van der Waals surface area contributed by atoms with Gasteiger partial charge in [0.15, 0.2) is 11.5 Å². The molecule has 174 valence electrons. The molecular weight excluding hydrogens is 442 g/mol. The van der Waals surface area contributed by atoms with Crippen LogP contribution < -0.4 is 18.5 Å². The number of methoxy groups -OCH3 is 3. The molecule has 0 aliphatic heterocycles. The minimum atomic E-state index is -3.97. The number of sulfonamides is 1. The second kappa shape index (κ2) is 10.2. The zero-order valence-corrected chi connectivity index (χ0v) is 19.2. The van der Waals surface area contributed by atoms with Crippen LogP contribution in [-0.4, -0.2) is 65.3 Å². The van der Waals surface area contributed by atoms with Crippen molar-refractivity contribution in [2.45, 2.75) is 6.54 Å². The molecule has 0 radical (unpaired) electrons. The molecule has 0 fully saturated rings. The maximum atomic E-state index is 12.9. The van der Waals surface area contributed by atoms with Crippen LogP contribution in [0.25, 0.3) is 0 Å². The summed E-state index contributed by atoms with van der Waals surface area (Å²) >= 11 is 0. The Morgan fingerprint density at radius 3 is 2.12 bits per heavy atom. The Bertz CT molecular complexity index is 1100. The average Bonchev–Trinajstić information content (AvgIpc) is 2.75. The van der Waals surface area contributed by atoms with Gasteiger partial charge in [0.25, 0.3) is 5.69 Å². The van der Waals surface area contributed by atoms with Crippen molar-refractivity contribution in [1.29, 1.82) is 0 Å². The summed E-state index contributed by atoms with van der Waals surface area (Å²) in [6.45, 7) is -0.400. The Hall–Kier alpha value is -3.54. The van der Waals surface area contributed by atoms with Crippen LogP contribution in [0.15, 0.2) is 36.4 Å². The highest BCUT2D eigenvalue weighted by molar-refractivity contribution is 7.92. The molecule has 1 amide bonds. The van der Waals surface area contributed by atoms with Gasteiger partial charge in [-0.3, -0.25) is 19.2 Å². The van der Waals surface area contributed by atoms with Crippen LogP contribution in [0.4, 0.5) is 11.4 Å². The number of carbonyl (C=O) groups is 1. The van der Waals surface area contributed by atoms with E-state index in [0.29, 0.717) is 11.5 Å². The maximum Gasteiger partial charge on any atom is 0.271 e. The van der Waals surface area contributed by atoms with Crippen LogP contribution in [0.5, 0.6) is 17.2 Å². The van der Waals surface area contributed by atoms with Gasteiger partial charge >= 0.3 is 0 Å². The van der Waals surface area contributed by atoms with E-state index in [2.05, 4.69) is 0 Å². The summed E-state index contributed by atoms with van der Waals surface area (Å²) in [7, 11) is 1.85. The highest BCUT2D eigenvalue weighted by atomic mass is 32.2. The van der Waals surface area contributed by atoms with Gasteiger partial charge in [-0.05, 0) is 23.8 Å². The van der Waals surface area contributed by atoms with Crippen LogP contribution in [0.3, 0.4) is 0 Å². The standard InChI is InChI=1S/C20H25N3O8S/c1-21(12-14-6-8-18(30-3)19(10-14)31-4)20(24)13-22(32(5,27)28)16-11-15(23(25)26)7-9-17(16)29-2/h6-11H,12-13H2,1-5H3. The summed E-state index contributed by atoms with van der Waals surface area (Å²) in [5, 5.41) is 11.2. The first-order valence-electron chi connectivity index (χ1n) is 9.26. The van der Waals surface area contributed by atoms with Crippen molar-refractivity contribution < 1.29 is 32.3 Å². The SMILES string of the molecule is COc1ccc(CN(C)C(=O)CN(c2cc([N+](=O)[O-])ccc2OC)S(C)(=O)=O)cc1OC. The van der Waals surface area contributed by atoms with Gasteiger partial charge < -0.3 is 19.1 Å². The fourth-order valence-corrected chi connectivity index (χ4v) is 3.80. The average molecular weight is 468 g/mol. The number of non-ortho nitro benzene ring substituents is 1. The Labute approximate surface area is 186 Å². The largest absolute Gasteiger partial charge is 0.495 e. The van der Waals surface area contributed by atoms with Crippen molar-refractivity contribution in [2.24, 2.45) is 0 Å². The number of amides is 1. The van der Waals surface area contributed by atoms with E-state index in [4.69, 9.17) is 14.2 Å². The number of nitrogens with zero attached hydrogens (tertiary/aromatic N) is 3. The summed E-state index contributed by atoms with van der Waals surface area (Å²) < 4.78 is 41.3. The number of nitro groups is 1. The Morgan fingerprint density at radius 1 is 1.00 bits per heavy atom. The molecule has 0 bridgehead atoms. The van der Waals surface area contributed by atoms with Crippen molar-refractivity contribution in [2.75, 3.05) is 45.5 Å². The molecule has 12 heteroatoms. The molecule has 2 aromatic carbocycles. The predicted molar refractivity (Wildman–Crippen MR) is 118 cm³/mol. The molecule has 0 spiro atoms. The molecule has 2 rings (SSSR count). The lowest BCUT2D eigenvalue weighted by Crippen LogP contribution is -2.41. The highest BCUT2D eigenvalue weighted by Crippen LogP contribution is 2.34. The lowest BCUT2D eigenvalue weighted by molar-refractivity contribution is -0.384. The number of hydrogen-bond acceptors (Lipinski definition) is 8. The second-order valence-corrected chi connectivity index (χ2v) is 8.73. The zero-order chi connectivity index (χ0) is 24.1. The number of rotatable bonds is 10. The first kappa shape index (κ1) is 24.7. The molecule has 0 aliphatic carbocycles. The Balaban J connectivity index is 2.31. The molecule has 0 N–H and O–H groups in total. The molecule has 0 unspecified atom stereocenters. The van der Waals surface area contributed by atoms with Gasteiger partial charge in [0.05, 0.1) is 32.5 Å². The smallest absolute Gasteiger partial charge is 0.271 e.